The van der Waals surface area contributed by atoms with Gasteiger partial charge in [-0.05, 0) is 50.2 Å². The molecular formula is C26H34N6O. The van der Waals surface area contributed by atoms with Gasteiger partial charge in [-0.15, -0.1) is 0 Å². The summed E-state index contributed by atoms with van der Waals surface area (Å²) in [5, 5.41) is 4.25. The molecule has 1 aromatic carbocycles. The molecule has 1 aliphatic carbocycles. The number of anilines is 3. The largest absolute Gasteiger partial charge is 0.369 e. The summed E-state index contributed by atoms with van der Waals surface area (Å²) < 4.78 is 1.92. The van der Waals surface area contributed by atoms with Crippen LogP contribution in [0.5, 0.6) is 0 Å². The van der Waals surface area contributed by atoms with E-state index in [1.807, 2.05) is 16.8 Å². The average Bonchev–Trinajstić information content (AvgIpc) is 2.81. The maximum absolute atomic E-state index is 12.9. The first kappa shape index (κ1) is 21.9. The fraction of sp³-hybridized carbons (Fsp3) is 0.500. The van der Waals surface area contributed by atoms with Gasteiger partial charge in [0.05, 0.1) is 0 Å². The van der Waals surface area contributed by atoms with Crippen LogP contribution in [0.3, 0.4) is 0 Å². The minimum Gasteiger partial charge on any atom is -0.369 e. The van der Waals surface area contributed by atoms with E-state index in [0.717, 1.165) is 55.7 Å². The monoisotopic (exact) mass is 446 g/mol. The summed E-state index contributed by atoms with van der Waals surface area (Å²) in [5.74, 6) is 0.528. The van der Waals surface area contributed by atoms with Crippen LogP contribution in [-0.4, -0.2) is 52.7 Å². The highest BCUT2D eigenvalue weighted by molar-refractivity contribution is 5.76. The van der Waals surface area contributed by atoms with Crippen LogP contribution in [0.25, 0.3) is 11.0 Å². The van der Waals surface area contributed by atoms with E-state index in [2.05, 4.69) is 51.4 Å². The Morgan fingerprint density at radius 3 is 2.30 bits per heavy atom. The van der Waals surface area contributed by atoms with Gasteiger partial charge in [-0.25, -0.2) is 4.98 Å². The topological polar surface area (TPSA) is 66.3 Å². The molecular weight excluding hydrogens is 412 g/mol. The van der Waals surface area contributed by atoms with Gasteiger partial charge in [0.25, 0.3) is 5.56 Å². The van der Waals surface area contributed by atoms with E-state index >= 15 is 0 Å². The molecule has 3 aromatic rings. The van der Waals surface area contributed by atoms with E-state index in [9.17, 15) is 4.79 Å². The van der Waals surface area contributed by atoms with E-state index in [0.29, 0.717) is 5.95 Å². The molecule has 0 atom stereocenters. The Morgan fingerprint density at radius 1 is 0.879 bits per heavy atom. The summed E-state index contributed by atoms with van der Waals surface area (Å²) in [5.41, 5.74) is 2.96. The van der Waals surface area contributed by atoms with Gasteiger partial charge in [-0.3, -0.25) is 9.36 Å². The Morgan fingerprint density at radius 2 is 1.58 bits per heavy atom. The van der Waals surface area contributed by atoms with Crippen LogP contribution in [0.4, 0.5) is 17.3 Å². The lowest BCUT2D eigenvalue weighted by molar-refractivity contribution is 0.313. The number of aromatic nitrogens is 3. The van der Waals surface area contributed by atoms with Crippen LogP contribution in [0.15, 0.2) is 47.4 Å². The maximum Gasteiger partial charge on any atom is 0.252 e. The maximum atomic E-state index is 12.9. The first-order chi connectivity index (χ1) is 16.2. The molecule has 0 amide bonds. The van der Waals surface area contributed by atoms with Crippen molar-refractivity contribution in [3.8, 4) is 0 Å². The molecule has 7 heteroatoms. The van der Waals surface area contributed by atoms with Crippen molar-refractivity contribution in [2.75, 3.05) is 43.4 Å². The van der Waals surface area contributed by atoms with E-state index in [-0.39, 0.29) is 11.6 Å². The second-order valence-electron chi connectivity index (χ2n) is 9.48. The highest BCUT2D eigenvalue weighted by Crippen LogP contribution is 2.28. The van der Waals surface area contributed by atoms with E-state index in [1.54, 1.807) is 6.07 Å². The molecule has 5 rings (SSSR count). The number of hydrogen-bond donors (Lipinski definition) is 1. The minimum atomic E-state index is 0.0363. The smallest absolute Gasteiger partial charge is 0.252 e. The number of rotatable bonds is 4. The molecule has 7 nitrogen and oxygen atoms in total. The summed E-state index contributed by atoms with van der Waals surface area (Å²) in [7, 11) is 2.17. The molecule has 0 bridgehead atoms. The number of hydrogen-bond acceptors (Lipinski definition) is 6. The summed E-state index contributed by atoms with van der Waals surface area (Å²) in [6.45, 7) is 4.28. The van der Waals surface area contributed by atoms with Crippen molar-refractivity contribution in [2.45, 2.75) is 51.0 Å². The van der Waals surface area contributed by atoms with Crippen molar-refractivity contribution in [2.24, 2.45) is 0 Å². The Kier molecular flexibility index (Phi) is 6.58. The predicted molar refractivity (Wildman–Crippen MR) is 135 cm³/mol. The van der Waals surface area contributed by atoms with Crippen LogP contribution in [-0.2, 0) is 0 Å². The molecule has 1 N–H and O–H groups in total. The molecule has 174 valence electrons. The Bertz CT molecular complexity index is 1130. The van der Waals surface area contributed by atoms with Crippen LogP contribution in [0.1, 0.15) is 51.0 Å². The molecule has 33 heavy (non-hydrogen) atoms. The van der Waals surface area contributed by atoms with E-state index in [4.69, 9.17) is 4.98 Å². The Balaban J connectivity index is 1.38. The van der Waals surface area contributed by atoms with Crippen molar-refractivity contribution in [1.82, 2.24) is 19.4 Å². The van der Waals surface area contributed by atoms with Gasteiger partial charge in [0, 0.05) is 61.2 Å². The SMILES string of the molecule is CN1CCN(c2ccc(Nc3ncc4ccc(=O)n(C5CCCCCCC5)c4n3)cc2)CC1. The molecule has 1 saturated heterocycles. The highest BCUT2D eigenvalue weighted by Gasteiger charge is 2.18. The molecule has 1 aliphatic heterocycles. The van der Waals surface area contributed by atoms with Gasteiger partial charge in [-0.2, -0.15) is 4.98 Å². The van der Waals surface area contributed by atoms with Crippen molar-refractivity contribution in [3.63, 3.8) is 0 Å². The summed E-state index contributed by atoms with van der Waals surface area (Å²) in [4.78, 5) is 27.0. The van der Waals surface area contributed by atoms with Gasteiger partial charge >= 0.3 is 0 Å². The number of fused-ring (bicyclic) bond motifs is 1. The summed E-state index contributed by atoms with van der Waals surface area (Å²) in [6, 6.07) is 12.2. The van der Waals surface area contributed by atoms with Gasteiger partial charge in [0.2, 0.25) is 5.95 Å². The molecule has 2 aliphatic rings. The normalized spacial score (nSPS) is 18.8. The van der Waals surface area contributed by atoms with E-state index in [1.165, 1.54) is 37.8 Å². The predicted octanol–water partition coefficient (Wildman–Crippen LogP) is 4.57. The molecule has 2 aromatic heterocycles. The van der Waals surface area contributed by atoms with Crippen molar-refractivity contribution in [3.05, 3.63) is 52.9 Å². The number of likely N-dealkylation sites (N-methyl/N-ethyl adjacent to an activating group) is 1. The number of nitrogens with one attached hydrogen (secondary N) is 1. The average molecular weight is 447 g/mol. The number of piperazine rings is 1. The molecule has 0 radical (unpaired) electrons. The van der Waals surface area contributed by atoms with E-state index < -0.39 is 0 Å². The fourth-order valence-electron chi connectivity index (χ4n) is 5.09. The number of benzene rings is 1. The lowest BCUT2D eigenvalue weighted by Crippen LogP contribution is -2.44. The van der Waals surface area contributed by atoms with Crippen LogP contribution in [0, 0.1) is 0 Å². The first-order valence-electron chi connectivity index (χ1n) is 12.4. The molecule has 1 saturated carbocycles. The highest BCUT2D eigenvalue weighted by atomic mass is 16.1. The minimum absolute atomic E-state index is 0.0363. The van der Waals surface area contributed by atoms with Crippen LogP contribution < -0.4 is 15.8 Å². The Labute approximate surface area is 195 Å². The standard InChI is InChI=1S/C26H34N6O/c1-30-15-17-31(18-16-30)22-12-10-21(11-13-22)28-26-27-19-20-9-14-24(33)32(25(20)29-26)23-7-5-3-2-4-6-8-23/h9-14,19,23H,2-8,15-18H2,1H3,(H,27,28,29). The van der Waals surface area contributed by atoms with Gasteiger partial charge in [0.1, 0.15) is 5.65 Å². The van der Waals surface area contributed by atoms with Crippen molar-refractivity contribution >= 4 is 28.4 Å². The zero-order valence-electron chi connectivity index (χ0n) is 19.5. The van der Waals surface area contributed by atoms with Crippen LogP contribution in [0.2, 0.25) is 0 Å². The third-order valence-corrected chi connectivity index (χ3v) is 7.10. The summed E-state index contributed by atoms with van der Waals surface area (Å²) >= 11 is 0. The summed E-state index contributed by atoms with van der Waals surface area (Å²) in [6.07, 6.45) is 10.1. The number of nitrogens with zero attached hydrogens (tertiary/aromatic N) is 5. The van der Waals surface area contributed by atoms with Gasteiger partial charge < -0.3 is 15.1 Å². The third-order valence-electron chi connectivity index (χ3n) is 7.10. The lowest BCUT2D eigenvalue weighted by Gasteiger charge is -2.34. The zero-order valence-corrected chi connectivity index (χ0v) is 19.5. The second kappa shape index (κ2) is 9.91. The molecule has 3 heterocycles. The van der Waals surface area contributed by atoms with Crippen LogP contribution >= 0.6 is 0 Å². The molecule has 0 unspecified atom stereocenters. The second-order valence-corrected chi connectivity index (χ2v) is 9.48. The Hall–Kier alpha value is -2.93. The zero-order chi connectivity index (χ0) is 22.6. The third kappa shape index (κ3) is 5.03. The van der Waals surface area contributed by atoms with Gasteiger partial charge in [0.15, 0.2) is 0 Å². The molecule has 2 fully saturated rings. The first-order valence-corrected chi connectivity index (χ1v) is 12.4. The number of pyridine rings is 1. The quantitative estimate of drug-likeness (QED) is 0.633. The lowest BCUT2D eigenvalue weighted by atomic mass is 9.96. The molecule has 0 spiro atoms. The fourth-order valence-corrected chi connectivity index (χ4v) is 5.09. The van der Waals surface area contributed by atoms with Gasteiger partial charge in [-0.1, -0.05) is 32.1 Å². The van der Waals surface area contributed by atoms with Crippen molar-refractivity contribution in [1.29, 1.82) is 0 Å². The van der Waals surface area contributed by atoms with Crippen molar-refractivity contribution < 1.29 is 0 Å².